The largest absolute Gasteiger partial charge is 0.417 e. The Morgan fingerprint density at radius 2 is 1.86 bits per heavy atom. The Labute approximate surface area is 159 Å². The van der Waals surface area contributed by atoms with E-state index < -0.39 is 17.5 Å². The molecule has 0 spiro atoms. The average Bonchev–Trinajstić information content (AvgIpc) is 2.72. The van der Waals surface area contributed by atoms with Crippen LogP contribution in [0.5, 0.6) is 0 Å². The lowest BCUT2D eigenvalue weighted by Crippen LogP contribution is -2.48. The molecule has 1 aliphatic rings. The molecule has 1 aliphatic heterocycles. The first-order chi connectivity index (χ1) is 13.3. The molecule has 0 aromatic carbocycles. The van der Waals surface area contributed by atoms with Crippen LogP contribution < -0.4 is 4.90 Å². The quantitative estimate of drug-likeness (QED) is 0.593. The third-order valence-corrected chi connectivity index (χ3v) is 4.42. The van der Waals surface area contributed by atoms with Crippen molar-refractivity contribution < 1.29 is 22.8 Å². The van der Waals surface area contributed by atoms with Crippen LogP contribution in [0.25, 0.3) is 0 Å². The third kappa shape index (κ3) is 4.03. The maximum absolute atomic E-state index is 12.9. The Morgan fingerprint density at radius 3 is 2.50 bits per heavy atom. The number of nitrogens with zero attached hydrogens (tertiary/aromatic N) is 4. The predicted octanol–water partition coefficient (Wildman–Crippen LogP) is 2.56. The van der Waals surface area contributed by atoms with E-state index in [2.05, 4.69) is 16.5 Å². The van der Waals surface area contributed by atoms with Crippen LogP contribution in [0.1, 0.15) is 21.5 Å². The Balaban J connectivity index is 1.86. The van der Waals surface area contributed by atoms with Crippen molar-refractivity contribution in [3.05, 3.63) is 66.1 Å². The van der Waals surface area contributed by atoms with Crippen molar-refractivity contribution in [3.8, 4) is 0 Å². The summed E-state index contributed by atoms with van der Waals surface area (Å²) in [7, 11) is 0. The number of pyridine rings is 2. The van der Waals surface area contributed by atoms with Crippen LogP contribution in [0, 0.1) is 0 Å². The number of piperazine rings is 1. The summed E-state index contributed by atoms with van der Waals surface area (Å²) < 4.78 is 38.8. The van der Waals surface area contributed by atoms with Gasteiger partial charge in [-0.05, 0) is 24.3 Å². The number of rotatable bonds is 4. The normalized spacial score (nSPS) is 14.7. The number of hydrogen-bond acceptors (Lipinski definition) is 5. The van der Waals surface area contributed by atoms with Gasteiger partial charge in [0, 0.05) is 50.3 Å². The maximum atomic E-state index is 12.9. The summed E-state index contributed by atoms with van der Waals surface area (Å²) >= 11 is 0. The Bertz CT molecular complexity index is 906. The maximum Gasteiger partial charge on any atom is 0.417 e. The first kappa shape index (κ1) is 19.5. The second-order valence-corrected chi connectivity index (χ2v) is 6.18. The van der Waals surface area contributed by atoms with E-state index in [0.29, 0.717) is 38.2 Å². The summed E-state index contributed by atoms with van der Waals surface area (Å²) in [6.45, 7) is 5.21. The number of halogens is 3. The summed E-state index contributed by atoms with van der Waals surface area (Å²) in [4.78, 5) is 35.8. The van der Waals surface area contributed by atoms with E-state index in [1.165, 1.54) is 18.3 Å². The van der Waals surface area contributed by atoms with E-state index in [1.807, 2.05) is 4.90 Å². The van der Waals surface area contributed by atoms with Gasteiger partial charge < -0.3 is 9.80 Å². The van der Waals surface area contributed by atoms with Gasteiger partial charge in [0.25, 0.3) is 0 Å². The molecule has 0 atom stereocenters. The Morgan fingerprint density at radius 1 is 1.14 bits per heavy atom. The summed E-state index contributed by atoms with van der Waals surface area (Å²) in [6, 6.07) is 3.86. The van der Waals surface area contributed by atoms with E-state index in [1.54, 1.807) is 11.0 Å². The monoisotopic (exact) mass is 390 g/mol. The van der Waals surface area contributed by atoms with Gasteiger partial charge in [-0.2, -0.15) is 13.2 Å². The van der Waals surface area contributed by atoms with Gasteiger partial charge in [0.15, 0.2) is 5.78 Å². The minimum absolute atomic E-state index is 0.162. The lowest BCUT2D eigenvalue weighted by atomic mass is 10.0. The fourth-order valence-electron chi connectivity index (χ4n) is 2.97. The summed E-state index contributed by atoms with van der Waals surface area (Å²) in [5.74, 6) is -0.395. The highest BCUT2D eigenvalue weighted by atomic mass is 19.4. The second kappa shape index (κ2) is 7.79. The second-order valence-electron chi connectivity index (χ2n) is 6.18. The van der Waals surface area contributed by atoms with E-state index >= 15 is 0 Å². The number of amides is 1. The molecule has 0 N–H and O–H groups in total. The first-order valence-electron chi connectivity index (χ1n) is 8.49. The average molecular weight is 390 g/mol. The molecule has 1 saturated heterocycles. The van der Waals surface area contributed by atoms with Gasteiger partial charge >= 0.3 is 6.18 Å². The molecule has 0 unspecified atom stereocenters. The van der Waals surface area contributed by atoms with Crippen molar-refractivity contribution in [2.75, 3.05) is 31.1 Å². The number of carbonyl (C=O) groups is 2. The van der Waals surface area contributed by atoms with Crippen LogP contribution in [-0.2, 0) is 11.0 Å². The van der Waals surface area contributed by atoms with Crippen LogP contribution in [0.4, 0.5) is 19.0 Å². The van der Waals surface area contributed by atoms with E-state index in [-0.39, 0.29) is 17.0 Å². The van der Waals surface area contributed by atoms with Crippen LogP contribution in [0.2, 0.25) is 0 Å². The topological polar surface area (TPSA) is 66.4 Å². The number of carbonyl (C=O) groups excluding carboxylic acids is 2. The van der Waals surface area contributed by atoms with Crippen LogP contribution >= 0.6 is 0 Å². The number of alkyl halides is 3. The Kier molecular flexibility index (Phi) is 5.43. The van der Waals surface area contributed by atoms with Crippen LogP contribution in [0.3, 0.4) is 0 Å². The molecule has 1 fully saturated rings. The molecule has 0 radical (unpaired) electrons. The fourth-order valence-corrected chi connectivity index (χ4v) is 2.97. The van der Waals surface area contributed by atoms with E-state index in [0.717, 1.165) is 12.3 Å². The van der Waals surface area contributed by atoms with Gasteiger partial charge in [-0.1, -0.05) is 6.58 Å². The lowest BCUT2D eigenvalue weighted by Gasteiger charge is -2.35. The van der Waals surface area contributed by atoms with E-state index in [9.17, 15) is 22.8 Å². The summed E-state index contributed by atoms with van der Waals surface area (Å²) in [5.41, 5.74) is -0.961. The summed E-state index contributed by atoms with van der Waals surface area (Å²) in [5, 5.41) is 0. The minimum Gasteiger partial charge on any atom is -0.352 e. The van der Waals surface area contributed by atoms with Gasteiger partial charge in [0.2, 0.25) is 5.91 Å². The third-order valence-electron chi connectivity index (χ3n) is 4.42. The van der Waals surface area contributed by atoms with Gasteiger partial charge in [-0.15, -0.1) is 0 Å². The van der Waals surface area contributed by atoms with Crippen LogP contribution in [0.15, 0.2) is 49.4 Å². The fraction of sp³-hybridized carbons (Fsp3) is 0.263. The molecule has 3 heterocycles. The molecule has 3 rings (SSSR count). The van der Waals surface area contributed by atoms with Crippen molar-refractivity contribution in [2.45, 2.75) is 6.18 Å². The molecular weight excluding hydrogens is 373 g/mol. The molecular formula is C19H17F3N4O2. The number of anilines is 1. The van der Waals surface area contributed by atoms with Crippen LogP contribution in [-0.4, -0.2) is 52.7 Å². The molecule has 6 nitrogen and oxygen atoms in total. The van der Waals surface area contributed by atoms with Crippen molar-refractivity contribution in [3.63, 3.8) is 0 Å². The zero-order valence-corrected chi connectivity index (χ0v) is 14.8. The molecule has 146 valence electrons. The van der Waals surface area contributed by atoms with Crippen molar-refractivity contribution in [2.24, 2.45) is 0 Å². The molecule has 2 aromatic heterocycles. The highest BCUT2D eigenvalue weighted by Gasteiger charge is 2.32. The van der Waals surface area contributed by atoms with Gasteiger partial charge in [0.05, 0.1) is 11.1 Å². The number of hydrogen-bond donors (Lipinski definition) is 0. The molecule has 1 amide bonds. The van der Waals surface area contributed by atoms with Gasteiger partial charge in [-0.3, -0.25) is 14.6 Å². The molecule has 9 heteroatoms. The van der Waals surface area contributed by atoms with Crippen molar-refractivity contribution in [1.29, 1.82) is 0 Å². The van der Waals surface area contributed by atoms with Gasteiger partial charge in [-0.25, -0.2) is 4.98 Å². The number of aromatic nitrogens is 2. The highest BCUT2D eigenvalue weighted by molar-refractivity contribution is 6.11. The smallest absolute Gasteiger partial charge is 0.352 e. The molecule has 0 aliphatic carbocycles. The predicted molar refractivity (Wildman–Crippen MR) is 95.9 cm³/mol. The zero-order chi connectivity index (χ0) is 20.3. The molecule has 28 heavy (non-hydrogen) atoms. The minimum atomic E-state index is -4.59. The van der Waals surface area contributed by atoms with E-state index in [4.69, 9.17) is 0 Å². The Hall–Kier alpha value is -3.23. The molecule has 0 saturated carbocycles. The molecule has 0 bridgehead atoms. The van der Waals surface area contributed by atoms with Gasteiger partial charge in [0.1, 0.15) is 5.82 Å². The zero-order valence-electron chi connectivity index (χ0n) is 14.8. The van der Waals surface area contributed by atoms with Crippen molar-refractivity contribution in [1.82, 2.24) is 14.9 Å². The SMILES string of the molecule is C=CC(=O)N1CCN(c2ncccc2C(=O)c2cncc(C(F)(F)F)c2)CC1. The highest BCUT2D eigenvalue weighted by Crippen LogP contribution is 2.30. The lowest BCUT2D eigenvalue weighted by molar-refractivity contribution is -0.137. The first-order valence-corrected chi connectivity index (χ1v) is 8.49. The summed E-state index contributed by atoms with van der Waals surface area (Å²) in [6.07, 6.45) is -0.0509. The number of ketones is 1. The molecule has 2 aromatic rings. The standard InChI is InChI=1S/C19H17F3N4O2/c1-2-16(27)25-6-8-26(9-7-25)18-15(4-3-5-24-18)17(28)13-10-14(12-23-11-13)19(20,21)22/h2-5,10-12H,1,6-9H2. The van der Waals surface area contributed by atoms with Crippen molar-refractivity contribution >= 4 is 17.5 Å².